The highest BCUT2D eigenvalue weighted by Gasteiger charge is 2.22. The molecule has 1 unspecified atom stereocenters. The number of anilines is 1. The molecule has 0 spiro atoms. The number of aryl methyl sites for hydroxylation is 1. The molecule has 1 saturated heterocycles. The van der Waals surface area contributed by atoms with Crippen LogP contribution in [0.3, 0.4) is 0 Å². The van der Waals surface area contributed by atoms with Crippen LogP contribution < -0.4 is 10.6 Å². The van der Waals surface area contributed by atoms with Crippen LogP contribution in [0.5, 0.6) is 0 Å². The van der Waals surface area contributed by atoms with Gasteiger partial charge >= 0.3 is 0 Å². The van der Waals surface area contributed by atoms with E-state index in [4.69, 9.17) is 5.73 Å². The summed E-state index contributed by atoms with van der Waals surface area (Å²) in [7, 11) is 0. The fourth-order valence-electron chi connectivity index (χ4n) is 2.57. The van der Waals surface area contributed by atoms with Crippen molar-refractivity contribution >= 4 is 5.82 Å². The number of rotatable bonds is 4. The second-order valence-corrected chi connectivity index (χ2v) is 4.75. The molecule has 0 aromatic carbocycles. The summed E-state index contributed by atoms with van der Waals surface area (Å²) in [6.45, 7) is 4.90. The summed E-state index contributed by atoms with van der Waals surface area (Å²) >= 11 is 0. The predicted molar refractivity (Wildman–Crippen MR) is 69.0 cm³/mol. The maximum atomic E-state index is 5.90. The zero-order valence-corrected chi connectivity index (χ0v) is 10.7. The SMILES string of the molecule is CCCn1nncc1N1CCCCCC1CN. The Labute approximate surface area is 103 Å². The van der Waals surface area contributed by atoms with Crippen LogP contribution in [0.2, 0.25) is 0 Å². The number of nitrogens with two attached hydrogens (primary N) is 1. The molecule has 96 valence electrons. The fourth-order valence-corrected chi connectivity index (χ4v) is 2.57. The van der Waals surface area contributed by atoms with Gasteiger partial charge in [-0.3, -0.25) is 0 Å². The monoisotopic (exact) mass is 237 g/mol. The van der Waals surface area contributed by atoms with E-state index in [1.54, 1.807) is 0 Å². The molecular weight excluding hydrogens is 214 g/mol. The molecular formula is C12H23N5. The van der Waals surface area contributed by atoms with Crippen molar-refractivity contribution in [3.63, 3.8) is 0 Å². The number of hydrogen-bond donors (Lipinski definition) is 1. The van der Waals surface area contributed by atoms with Crippen LogP contribution in [0.25, 0.3) is 0 Å². The van der Waals surface area contributed by atoms with Gasteiger partial charge < -0.3 is 10.6 Å². The normalized spacial score (nSPS) is 21.5. The summed E-state index contributed by atoms with van der Waals surface area (Å²) in [4.78, 5) is 2.41. The number of hydrogen-bond acceptors (Lipinski definition) is 4. The third-order valence-electron chi connectivity index (χ3n) is 3.48. The lowest BCUT2D eigenvalue weighted by molar-refractivity contribution is 0.531. The molecule has 0 aliphatic carbocycles. The standard InChI is InChI=1S/C12H23N5/c1-2-7-17-12(10-14-15-17)16-8-5-3-4-6-11(16)9-13/h10-11H,2-9,13H2,1H3. The molecule has 0 bridgehead atoms. The van der Waals surface area contributed by atoms with Gasteiger partial charge in [-0.2, -0.15) is 0 Å². The quantitative estimate of drug-likeness (QED) is 0.860. The Hall–Kier alpha value is -1.10. The molecule has 1 aromatic rings. The minimum Gasteiger partial charge on any atom is -0.351 e. The van der Waals surface area contributed by atoms with E-state index in [-0.39, 0.29) is 0 Å². The van der Waals surface area contributed by atoms with Crippen LogP contribution in [0, 0.1) is 0 Å². The summed E-state index contributed by atoms with van der Waals surface area (Å²) in [6.07, 6.45) is 7.98. The van der Waals surface area contributed by atoms with Gasteiger partial charge in [0.05, 0.1) is 6.20 Å². The van der Waals surface area contributed by atoms with Gasteiger partial charge in [0, 0.05) is 25.7 Å². The van der Waals surface area contributed by atoms with E-state index in [1.165, 1.54) is 25.7 Å². The maximum absolute atomic E-state index is 5.90. The third kappa shape index (κ3) is 2.77. The van der Waals surface area contributed by atoms with Crippen molar-refractivity contribution in [2.45, 2.75) is 51.6 Å². The first-order chi connectivity index (χ1) is 8.36. The molecule has 17 heavy (non-hydrogen) atoms. The largest absolute Gasteiger partial charge is 0.351 e. The molecule has 0 radical (unpaired) electrons. The van der Waals surface area contributed by atoms with E-state index < -0.39 is 0 Å². The lowest BCUT2D eigenvalue weighted by Gasteiger charge is -2.30. The van der Waals surface area contributed by atoms with E-state index in [0.29, 0.717) is 6.04 Å². The van der Waals surface area contributed by atoms with Gasteiger partial charge in [-0.15, -0.1) is 5.10 Å². The zero-order chi connectivity index (χ0) is 12.1. The van der Waals surface area contributed by atoms with Crippen molar-refractivity contribution in [2.75, 3.05) is 18.0 Å². The molecule has 2 N–H and O–H groups in total. The van der Waals surface area contributed by atoms with Crippen molar-refractivity contribution < 1.29 is 0 Å². The summed E-state index contributed by atoms with van der Waals surface area (Å²) in [5.74, 6) is 1.14. The van der Waals surface area contributed by atoms with E-state index >= 15 is 0 Å². The van der Waals surface area contributed by atoms with E-state index in [9.17, 15) is 0 Å². The molecule has 5 nitrogen and oxygen atoms in total. The van der Waals surface area contributed by atoms with Gasteiger partial charge in [-0.25, -0.2) is 4.68 Å². The lowest BCUT2D eigenvalue weighted by atomic mass is 10.1. The van der Waals surface area contributed by atoms with E-state index in [2.05, 4.69) is 22.1 Å². The van der Waals surface area contributed by atoms with Crippen molar-refractivity contribution in [2.24, 2.45) is 5.73 Å². The Kier molecular flexibility index (Phi) is 4.36. The van der Waals surface area contributed by atoms with Crippen LogP contribution >= 0.6 is 0 Å². The van der Waals surface area contributed by atoms with Crippen molar-refractivity contribution in [1.82, 2.24) is 15.0 Å². The first kappa shape index (κ1) is 12.4. The van der Waals surface area contributed by atoms with Gasteiger partial charge in [0.1, 0.15) is 5.82 Å². The second-order valence-electron chi connectivity index (χ2n) is 4.75. The zero-order valence-electron chi connectivity index (χ0n) is 10.7. The Bertz CT molecular complexity index is 335. The van der Waals surface area contributed by atoms with Gasteiger partial charge in [0.25, 0.3) is 0 Å². The maximum Gasteiger partial charge on any atom is 0.147 e. The Morgan fingerprint density at radius 2 is 2.29 bits per heavy atom. The molecule has 1 fully saturated rings. The van der Waals surface area contributed by atoms with Gasteiger partial charge in [-0.1, -0.05) is 25.0 Å². The van der Waals surface area contributed by atoms with E-state index in [0.717, 1.165) is 31.9 Å². The lowest BCUT2D eigenvalue weighted by Crippen LogP contribution is -2.41. The van der Waals surface area contributed by atoms with Crippen LogP contribution in [0.1, 0.15) is 39.0 Å². The highest BCUT2D eigenvalue weighted by atomic mass is 15.5. The number of aromatic nitrogens is 3. The summed E-state index contributed by atoms with van der Waals surface area (Å²) in [5, 5.41) is 8.21. The Morgan fingerprint density at radius 3 is 3.06 bits per heavy atom. The first-order valence-corrected chi connectivity index (χ1v) is 6.72. The first-order valence-electron chi connectivity index (χ1n) is 6.72. The topological polar surface area (TPSA) is 60.0 Å². The van der Waals surface area contributed by atoms with Crippen LogP contribution in [0.15, 0.2) is 6.20 Å². The summed E-state index contributed by atoms with van der Waals surface area (Å²) in [5.41, 5.74) is 5.90. The molecule has 2 rings (SSSR count). The van der Waals surface area contributed by atoms with Crippen LogP contribution in [-0.4, -0.2) is 34.1 Å². The molecule has 0 amide bonds. The third-order valence-corrected chi connectivity index (χ3v) is 3.48. The summed E-state index contributed by atoms with van der Waals surface area (Å²) in [6, 6.07) is 0.451. The Morgan fingerprint density at radius 1 is 1.41 bits per heavy atom. The predicted octanol–water partition coefficient (Wildman–Crippen LogP) is 1.40. The van der Waals surface area contributed by atoms with Crippen molar-refractivity contribution in [1.29, 1.82) is 0 Å². The molecule has 1 atom stereocenters. The average molecular weight is 237 g/mol. The molecule has 0 saturated carbocycles. The molecule has 1 aliphatic heterocycles. The average Bonchev–Trinajstić information content (AvgIpc) is 2.66. The van der Waals surface area contributed by atoms with Crippen LogP contribution in [0.4, 0.5) is 5.82 Å². The smallest absolute Gasteiger partial charge is 0.147 e. The van der Waals surface area contributed by atoms with Crippen LogP contribution in [-0.2, 0) is 6.54 Å². The number of nitrogens with zero attached hydrogens (tertiary/aromatic N) is 4. The fraction of sp³-hybridized carbons (Fsp3) is 0.833. The second kappa shape index (κ2) is 6.00. The highest BCUT2D eigenvalue weighted by Crippen LogP contribution is 2.23. The Balaban J connectivity index is 2.19. The molecule has 5 heteroatoms. The minimum atomic E-state index is 0.451. The molecule has 1 aliphatic rings. The summed E-state index contributed by atoms with van der Waals surface area (Å²) < 4.78 is 2.01. The van der Waals surface area contributed by atoms with E-state index in [1.807, 2.05) is 10.9 Å². The minimum absolute atomic E-state index is 0.451. The van der Waals surface area contributed by atoms with Crippen molar-refractivity contribution in [3.05, 3.63) is 6.20 Å². The van der Waals surface area contributed by atoms with Crippen molar-refractivity contribution in [3.8, 4) is 0 Å². The molecule has 1 aromatic heterocycles. The van der Waals surface area contributed by atoms with Gasteiger partial charge in [-0.05, 0) is 19.3 Å². The highest BCUT2D eigenvalue weighted by molar-refractivity contribution is 5.38. The van der Waals surface area contributed by atoms with Gasteiger partial charge in [0.15, 0.2) is 0 Å². The van der Waals surface area contributed by atoms with Gasteiger partial charge in [0.2, 0.25) is 0 Å². The molecule has 2 heterocycles.